The summed E-state index contributed by atoms with van der Waals surface area (Å²) in [6, 6.07) is 0. The van der Waals surface area contributed by atoms with Gasteiger partial charge in [0.2, 0.25) is 5.91 Å². The van der Waals surface area contributed by atoms with E-state index in [4.69, 9.17) is 0 Å². The van der Waals surface area contributed by atoms with E-state index in [2.05, 4.69) is 5.32 Å². The first kappa shape index (κ1) is 17.4. The van der Waals surface area contributed by atoms with Crippen LogP contribution in [0.2, 0.25) is 0 Å². The summed E-state index contributed by atoms with van der Waals surface area (Å²) in [6.45, 7) is 3.85. The smallest absolute Gasteiger partial charge is 0.223 e. The first-order valence-electron chi connectivity index (χ1n) is 8.25. The summed E-state index contributed by atoms with van der Waals surface area (Å²) >= 11 is 0. The van der Waals surface area contributed by atoms with Crippen LogP contribution in [-0.2, 0) is 19.4 Å². The number of ketones is 1. The molecule has 2 rings (SSSR count). The third-order valence-electron chi connectivity index (χ3n) is 5.84. The number of Topliss-reactive ketones (excluding diaryl/α,β-unsaturated/α-hetero) is 1. The van der Waals surface area contributed by atoms with Crippen molar-refractivity contribution in [2.24, 2.45) is 17.8 Å². The summed E-state index contributed by atoms with van der Waals surface area (Å²) in [7, 11) is -3.24. The highest BCUT2D eigenvalue weighted by atomic mass is 32.2. The number of amides is 1. The van der Waals surface area contributed by atoms with Gasteiger partial charge in [0, 0.05) is 30.6 Å². The minimum Gasteiger partial charge on any atom is -0.354 e. The van der Waals surface area contributed by atoms with Crippen LogP contribution < -0.4 is 5.32 Å². The minimum absolute atomic E-state index is 0.0477. The molecule has 2 atom stereocenters. The van der Waals surface area contributed by atoms with E-state index < -0.39 is 14.6 Å². The lowest BCUT2D eigenvalue weighted by Crippen LogP contribution is -2.49. The molecule has 5 nitrogen and oxygen atoms in total. The zero-order chi connectivity index (χ0) is 16.5. The maximum atomic E-state index is 12.4. The van der Waals surface area contributed by atoms with Gasteiger partial charge in [0.05, 0.1) is 4.75 Å². The lowest BCUT2D eigenvalue weighted by Gasteiger charge is -2.32. The largest absolute Gasteiger partial charge is 0.354 e. The van der Waals surface area contributed by atoms with Gasteiger partial charge in [-0.3, -0.25) is 9.59 Å². The Morgan fingerprint density at radius 3 is 2.09 bits per heavy atom. The van der Waals surface area contributed by atoms with Gasteiger partial charge in [0.25, 0.3) is 0 Å². The highest BCUT2D eigenvalue weighted by Gasteiger charge is 2.44. The van der Waals surface area contributed by atoms with Crippen molar-refractivity contribution in [3.63, 3.8) is 0 Å². The van der Waals surface area contributed by atoms with Gasteiger partial charge in [-0.15, -0.1) is 0 Å². The van der Waals surface area contributed by atoms with Crippen LogP contribution in [0.4, 0.5) is 0 Å². The van der Waals surface area contributed by atoms with E-state index in [9.17, 15) is 18.0 Å². The maximum Gasteiger partial charge on any atom is 0.223 e. The van der Waals surface area contributed by atoms with E-state index in [0.29, 0.717) is 31.5 Å². The fourth-order valence-electron chi connectivity index (χ4n) is 4.03. The zero-order valence-corrected chi connectivity index (χ0v) is 14.5. The molecular weight excluding hydrogens is 302 g/mol. The van der Waals surface area contributed by atoms with Crippen LogP contribution in [0.25, 0.3) is 0 Å². The Kier molecular flexibility index (Phi) is 5.00. The molecule has 2 saturated carbocycles. The average molecular weight is 329 g/mol. The number of nitrogens with one attached hydrogen (secondary N) is 1. The molecule has 0 aromatic heterocycles. The second kappa shape index (κ2) is 6.30. The molecule has 1 N–H and O–H groups in total. The molecule has 2 aliphatic carbocycles. The van der Waals surface area contributed by atoms with Gasteiger partial charge in [-0.25, -0.2) is 8.42 Å². The topological polar surface area (TPSA) is 80.3 Å². The van der Waals surface area contributed by atoms with Crippen LogP contribution in [0, 0.1) is 17.8 Å². The number of rotatable bonds is 6. The van der Waals surface area contributed by atoms with Gasteiger partial charge in [0.1, 0.15) is 5.78 Å². The Morgan fingerprint density at radius 2 is 1.68 bits per heavy atom. The second-order valence-electron chi connectivity index (χ2n) is 6.92. The molecule has 1 amide bonds. The number of hydrogen-bond donors (Lipinski definition) is 1. The molecule has 0 saturated heterocycles. The Balaban J connectivity index is 1.99. The van der Waals surface area contributed by atoms with Gasteiger partial charge < -0.3 is 5.32 Å². The molecule has 0 radical (unpaired) electrons. The molecule has 0 spiro atoms. The number of carbonyl (C=O) groups excluding carboxylic acids is 2. The Bertz CT molecular complexity index is 534. The predicted molar refractivity (Wildman–Crippen MR) is 85.1 cm³/mol. The summed E-state index contributed by atoms with van der Waals surface area (Å²) in [5.41, 5.74) is 0. The summed E-state index contributed by atoms with van der Waals surface area (Å²) in [6.07, 6.45) is 5.28. The van der Waals surface area contributed by atoms with Crippen LogP contribution in [0.1, 0.15) is 52.4 Å². The van der Waals surface area contributed by atoms with Crippen molar-refractivity contribution in [2.75, 3.05) is 12.8 Å². The van der Waals surface area contributed by atoms with Crippen LogP contribution in [0.15, 0.2) is 0 Å². The molecule has 126 valence electrons. The SMILES string of the molecule is CCC(CC)(CNC(=O)C1CC2CCC(C1)C2=O)S(C)(=O)=O. The highest BCUT2D eigenvalue weighted by molar-refractivity contribution is 7.92. The van der Waals surface area contributed by atoms with Crippen molar-refractivity contribution in [3.8, 4) is 0 Å². The lowest BCUT2D eigenvalue weighted by molar-refractivity contribution is -0.132. The van der Waals surface area contributed by atoms with Crippen LogP contribution in [0.3, 0.4) is 0 Å². The van der Waals surface area contributed by atoms with Gasteiger partial charge in [-0.05, 0) is 38.5 Å². The Morgan fingerprint density at radius 1 is 1.18 bits per heavy atom. The lowest BCUT2D eigenvalue weighted by atomic mass is 9.79. The third-order valence-corrected chi connectivity index (χ3v) is 8.13. The summed E-state index contributed by atoms with van der Waals surface area (Å²) in [5.74, 6) is 0.204. The standard InChI is InChI=1S/C16H27NO4S/c1-4-16(5-2,22(3,20)21)10-17-15(19)13-8-11-6-7-12(9-13)14(11)18/h11-13H,4-10H2,1-3H3,(H,17,19). The fourth-order valence-corrected chi connectivity index (χ4v) is 5.42. The van der Waals surface area contributed by atoms with E-state index in [0.717, 1.165) is 12.8 Å². The maximum absolute atomic E-state index is 12.4. The molecule has 0 heterocycles. The van der Waals surface area contributed by atoms with E-state index in [-0.39, 0.29) is 30.2 Å². The van der Waals surface area contributed by atoms with E-state index in [1.54, 1.807) is 0 Å². The van der Waals surface area contributed by atoms with Crippen LogP contribution in [-0.4, -0.2) is 37.7 Å². The predicted octanol–water partition coefficient (Wildman–Crippen LogP) is 1.71. The first-order chi connectivity index (χ1) is 10.2. The van der Waals surface area contributed by atoms with Gasteiger partial charge in [-0.1, -0.05) is 13.8 Å². The van der Waals surface area contributed by atoms with Crippen LogP contribution in [0.5, 0.6) is 0 Å². The van der Waals surface area contributed by atoms with E-state index in [1.165, 1.54) is 6.26 Å². The summed E-state index contributed by atoms with van der Waals surface area (Å²) < 4.78 is 23.2. The molecule has 2 bridgehead atoms. The molecule has 2 unspecified atom stereocenters. The molecule has 22 heavy (non-hydrogen) atoms. The molecular formula is C16H27NO4S. The zero-order valence-electron chi connectivity index (χ0n) is 13.7. The fraction of sp³-hybridized carbons (Fsp3) is 0.875. The van der Waals surface area contributed by atoms with Crippen LogP contribution >= 0.6 is 0 Å². The number of carbonyl (C=O) groups is 2. The Hall–Kier alpha value is -0.910. The van der Waals surface area contributed by atoms with Crippen molar-refractivity contribution in [2.45, 2.75) is 57.1 Å². The third kappa shape index (κ3) is 3.07. The van der Waals surface area contributed by atoms with E-state index >= 15 is 0 Å². The molecule has 0 aromatic rings. The quantitative estimate of drug-likeness (QED) is 0.804. The van der Waals surface area contributed by atoms with Crippen molar-refractivity contribution in [1.29, 1.82) is 0 Å². The molecule has 6 heteroatoms. The molecule has 0 aliphatic heterocycles. The molecule has 0 aromatic carbocycles. The number of fused-ring (bicyclic) bond motifs is 2. The average Bonchev–Trinajstić information content (AvgIpc) is 2.68. The second-order valence-corrected chi connectivity index (χ2v) is 9.33. The highest BCUT2D eigenvalue weighted by Crippen LogP contribution is 2.42. The molecule has 2 fully saturated rings. The monoisotopic (exact) mass is 329 g/mol. The first-order valence-corrected chi connectivity index (χ1v) is 10.1. The summed E-state index contributed by atoms with van der Waals surface area (Å²) in [4.78, 5) is 24.3. The van der Waals surface area contributed by atoms with Gasteiger partial charge >= 0.3 is 0 Å². The van der Waals surface area contributed by atoms with Crippen molar-refractivity contribution in [3.05, 3.63) is 0 Å². The Labute approximate surface area is 133 Å². The minimum atomic E-state index is -3.24. The summed E-state index contributed by atoms with van der Waals surface area (Å²) in [5, 5.41) is 2.86. The normalized spacial score (nSPS) is 28.7. The number of hydrogen-bond acceptors (Lipinski definition) is 4. The van der Waals surface area contributed by atoms with Gasteiger partial charge in [-0.2, -0.15) is 0 Å². The van der Waals surface area contributed by atoms with Gasteiger partial charge in [0.15, 0.2) is 9.84 Å². The van der Waals surface area contributed by atoms with E-state index in [1.807, 2.05) is 13.8 Å². The van der Waals surface area contributed by atoms with Crippen molar-refractivity contribution in [1.82, 2.24) is 5.32 Å². The van der Waals surface area contributed by atoms with Crippen molar-refractivity contribution >= 4 is 21.5 Å². The molecule has 2 aliphatic rings. The van der Waals surface area contributed by atoms with Crippen molar-refractivity contribution < 1.29 is 18.0 Å². The number of sulfone groups is 1.